The van der Waals surface area contributed by atoms with Crippen LogP contribution in [0.15, 0.2) is 55.2 Å². The van der Waals surface area contributed by atoms with Crippen molar-refractivity contribution >= 4 is 12.3 Å². The molecule has 0 aliphatic carbocycles. The van der Waals surface area contributed by atoms with Gasteiger partial charge in [0, 0.05) is 17.5 Å². The van der Waals surface area contributed by atoms with Crippen LogP contribution in [-0.2, 0) is 6.54 Å². The fraction of sp³-hybridized carbons (Fsp3) is 0.278. The minimum atomic E-state index is 0.0224. The van der Waals surface area contributed by atoms with Crippen LogP contribution in [0.4, 0.5) is 0 Å². The average Bonchev–Trinajstić information content (AvgIpc) is 2.93. The maximum atomic E-state index is 12.2. The summed E-state index contributed by atoms with van der Waals surface area (Å²) in [6.45, 7) is 8.43. The second-order valence-corrected chi connectivity index (χ2v) is 5.49. The molecule has 3 nitrogen and oxygen atoms in total. The molecule has 1 aromatic carbocycles. The van der Waals surface area contributed by atoms with Gasteiger partial charge in [0.2, 0.25) is 0 Å². The van der Waals surface area contributed by atoms with Crippen LogP contribution >= 0.6 is 0 Å². The number of aromatic nitrogens is 1. The monoisotopic (exact) mass is 282 g/mol. The van der Waals surface area contributed by atoms with Crippen molar-refractivity contribution in [3.05, 3.63) is 71.7 Å². The first-order chi connectivity index (χ1) is 10.1. The molecule has 0 fully saturated rings. The zero-order chi connectivity index (χ0) is 15.2. The SMILES string of the molecule is C=Cc1cccn1[C@H](/C=[N+](\[O-])Cc1ccccc1)C(C)C. The lowest BCUT2D eigenvalue weighted by atomic mass is 10.1. The molecule has 110 valence electrons. The van der Waals surface area contributed by atoms with Gasteiger partial charge in [0.25, 0.3) is 0 Å². The highest BCUT2D eigenvalue weighted by Crippen LogP contribution is 2.19. The van der Waals surface area contributed by atoms with Gasteiger partial charge in [-0.05, 0) is 24.1 Å². The lowest BCUT2D eigenvalue weighted by Gasteiger charge is -2.20. The van der Waals surface area contributed by atoms with E-state index in [1.165, 1.54) is 0 Å². The third-order valence-corrected chi connectivity index (χ3v) is 3.53. The molecular weight excluding hydrogens is 260 g/mol. The summed E-state index contributed by atoms with van der Waals surface area (Å²) in [5.74, 6) is 0.323. The van der Waals surface area contributed by atoms with Crippen LogP contribution in [0.5, 0.6) is 0 Å². The quantitative estimate of drug-likeness (QED) is 0.339. The largest absolute Gasteiger partial charge is 0.624 e. The summed E-state index contributed by atoms with van der Waals surface area (Å²) < 4.78 is 3.11. The molecule has 0 radical (unpaired) electrons. The van der Waals surface area contributed by atoms with Crippen LogP contribution in [0.1, 0.15) is 31.1 Å². The Balaban J connectivity index is 2.23. The maximum Gasteiger partial charge on any atom is 0.178 e. The van der Waals surface area contributed by atoms with Crippen molar-refractivity contribution in [2.75, 3.05) is 0 Å². The van der Waals surface area contributed by atoms with Crippen LogP contribution in [0, 0.1) is 11.1 Å². The minimum absolute atomic E-state index is 0.0224. The van der Waals surface area contributed by atoms with E-state index in [0.29, 0.717) is 12.5 Å². The van der Waals surface area contributed by atoms with E-state index in [0.717, 1.165) is 16.0 Å². The average molecular weight is 282 g/mol. The van der Waals surface area contributed by atoms with Crippen LogP contribution in [0.25, 0.3) is 6.08 Å². The summed E-state index contributed by atoms with van der Waals surface area (Å²) in [4.78, 5) is 0. The van der Waals surface area contributed by atoms with E-state index in [-0.39, 0.29) is 6.04 Å². The highest BCUT2D eigenvalue weighted by Gasteiger charge is 2.18. The fourth-order valence-electron chi connectivity index (χ4n) is 2.40. The van der Waals surface area contributed by atoms with Gasteiger partial charge in [-0.3, -0.25) is 0 Å². The molecule has 0 saturated heterocycles. The van der Waals surface area contributed by atoms with Gasteiger partial charge < -0.3 is 9.77 Å². The standard InChI is InChI=1S/C18H22N2O/c1-4-17-11-8-12-20(17)18(15(2)3)14-19(21)13-16-9-6-5-7-10-16/h4-12,14-15,18H,1,13H2,2-3H3/b19-14-/t18-/m1/s1. The van der Waals surface area contributed by atoms with Crippen molar-refractivity contribution in [3.8, 4) is 0 Å². The number of benzene rings is 1. The lowest BCUT2D eigenvalue weighted by molar-refractivity contribution is -0.472. The van der Waals surface area contributed by atoms with Crippen molar-refractivity contribution in [3.63, 3.8) is 0 Å². The molecule has 2 rings (SSSR count). The topological polar surface area (TPSA) is 31.0 Å². The molecule has 3 heteroatoms. The first kappa shape index (κ1) is 15.1. The summed E-state index contributed by atoms with van der Waals surface area (Å²) >= 11 is 0. The molecule has 0 aliphatic rings. The Kier molecular flexibility index (Phi) is 4.99. The minimum Gasteiger partial charge on any atom is -0.624 e. The summed E-state index contributed by atoms with van der Waals surface area (Å²) in [6, 6.07) is 13.8. The first-order valence-electron chi connectivity index (χ1n) is 7.23. The van der Waals surface area contributed by atoms with Gasteiger partial charge in [0.1, 0.15) is 6.04 Å². The number of hydroxylamine groups is 1. The molecule has 0 amide bonds. The molecule has 0 spiro atoms. The highest BCUT2D eigenvalue weighted by atomic mass is 16.5. The second kappa shape index (κ2) is 6.93. The predicted molar refractivity (Wildman–Crippen MR) is 88.2 cm³/mol. The summed E-state index contributed by atoms with van der Waals surface area (Å²) in [5.41, 5.74) is 2.04. The van der Waals surface area contributed by atoms with Gasteiger partial charge in [-0.1, -0.05) is 50.8 Å². The van der Waals surface area contributed by atoms with Crippen molar-refractivity contribution in [2.45, 2.75) is 26.4 Å². The van der Waals surface area contributed by atoms with Crippen molar-refractivity contribution in [2.24, 2.45) is 5.92 Å². The van der Waals surface area contributed by atoms with E-state index in [9.17, 15) is 5.21 Å². The summed E-state index contributed by atoms with van der Waals surface area (Å²) in [6.07, 6.45) is 5.56. The highest BCUT2D eigenvalue weighted by molar-refractivity contribution is 5.60. The van der Waals surface area contributed by atoms with Gasteiger partial charge in [0.05, 0.1) is 0 Å². The van der Waals surface area contributed by atoms with Crippen LogP contribution in [0.3, 0.4) is 0 Å². The smallest absolute Gasteiger partial charge is 0.178 e. The Morgan fingerprint density at radius 1 is 1.19 bits per heavy atom. The zero-order valence-corrected chi connectivity index (χ0v) is 12.6. The Labute approximate surface area is 126 Å². The number of hydrogen-bond donors (Lipinski definition) is 0. The molecule has 1 aromatic heterocycles. The van der Waals surface area contributed by atoms with E-state index in [1.54, 1.807) is 6.21 Å². The van der Waals surface area contributed by atoms with Crippen LogP contribution < -0.4 is 0 Å². The van der Waals surface area contributed by atoms with E-state index in [1.807, 2.05) is 54.7 Å². The van der Waals surface area contributed by atoms with Crippen molar-refractivity contribution < 1.29 is 4.74 Å². The first-order valence-corrected chi connectivity index (χ1v) is 7.23. The normalized spacial score (nSPS) is 13.4. The number of nitrogens with zero attached hydrogens (tertiary/aromatic N) is 2. The Morgan fingerprint density at radius 3 is 2.52 bits per heavy atom. The third-order valence-electron chi connectivity index (χ3n) is 3.53. The third kappa shape index (κ3) is 3.85. The summed E-state index contributed by atoms with van der Waals surface area (Å²) in [7, 11) is 0. The number of hydrogen-bond acceptors (Lipinski definition) is 1. The maximum absolute atomic E-state index is 12.2. The van der Waals surface area contributed by atoms with E-state index in [2.05, 4.69) is 25.0 Å². The molecule has 21 heavy (non-hydrogen) atoms. The predicted octanol–water partition coefficient (Wildman–Crippen LogP) is 4.11. The molecule has 0 saturated carbocycles. The second-order valence-electron chi connectivity index (χ2n) is 5.49. The van der Waals surface area contributed by atoms with E-state index in [4.69, 9.17) is 0 Å². The van der Waals surface area contributed by atoms with Gasteiger partial charge in [-0.25, -0.2) is 4.74 Å². The van der Waals surface area contributed by atoms with E-state index < -0.39 is 0 Å². The molecule has 0 unspecified atom stereocenters. The molecule has 1 atom stereocenters. The van der Waals surface area contributed by atoms with Crippen LogP contribution in [0.2, 0.25) is 0 Å². The molecule has 0 bridgehead atoms. The van der Waals surface area contributed by atoms with Gasteiger partial charge in [0.15, 0.2) is 12.8 Å². The van der Waals surface area contributed by atoms with Crippen molar-refractivity contribution in [1.29, 1.82) is 0 Å². The van der Waals surface area contributed by atoms with Gasteiger partial charge in [-0.2, -0.15) is 0 Å². The van der Waals surface area contributed by atoms with Crippen molar-refractivity contribution in [1.82, 2.24) is 4.57 Å². The number of rotatable bonds is 6. The lowest BCUT2D eigenvalue weighted by Crippen LogP contribution is -2.21. The molecular formula is C18H22N2O. The summed E-state index contributed by atoms with van der Waals surface area (Å²) in [5, 5.41) is 12.2. The van der Waals surface area contributed by atoms with Gasteiger partial charge in [-0.15, -0.1) is 0 Å². The Bertz CT molecular complexity index is 611. The molecule has 1 heterocycles. The Morgan fingerprint density at radius 2 is 1.90 bits per heavy atom. The fourth-order valence-corrected chi connectivity index (χ4v) is 2.40. The molecule has 2 aromatic rings. The zero-order valence-electron chi connectivity index (χ0n) is 12.6. The Hall–Kier alpha value is -2.29. The molecule has 0 N–H and O–H groups in total. The van der Waals surface area contributed by atoms with Crippen LogP contribution in [-0.4, -0.2) is 15.5 Å². The van der Waals surface area contributed by atoms with E-state index >= 15 is 0 Å². The van der Waals surface area contributed by atoms with Gasteiger partial charge >= 0.3 is 0 Å². The molecule has 0 aliphatic heterocycles.